The summed E-state index contributed by atoms with van der Waals surface area (Å²) in [4.78, 5) is 24.1. The largest absolute Gasteiger partial charge is 0.489 e. The van der Waals surface area contributed by atoms with Gasteiger partial charge in [0.1, 0.15) is 17.9 Å². The van der Waals surface area contributed by atoms with Gasteiger partial charge >= 0.3 is 5.97 Å². The van der Waals surface area contributed by atoms with Gasteiger partial charge < -0.3 is 20.9 Å². The monoisotopic (exact) mass is 402 g/mol. The number of carbonyl (C=O) groups excluding carboxylic acids is 1. The lowest BCUT2D eigenvalue weighted by atomic mass is 10.1. The first kappa shape index (κ1) is 20.7. The first-order chi connectivity index (χ1) is 14.5. The predicted molar refractivity (Wildman–Crippen MR) is 115 cm³/mol. The van der Waals surface area contributed by atoms with Crippen molar-refractivity contribution in [3.63, 3.8) is 0 Å². The second-order valence-corrected chi connectivity index (χ2v) is 6.62. The normalized spacial score (nSPS) is 11.3. The van der Waals surface area contributed by atoms with Crippen LogP contribution < -0.4 is 15.8 Å². The summed E-state index contributed by atoms with van der Waals surface area (Å²) in [6, 6.07) is 25.6. The Morgan fingerprint density at radius 1 is 0.833 bits per heavy atom. The van der Waals surface area contributed by atoms with Crippen LogP contribution in [0.25, 0.3) is 0 Å². The smallest absolute Gasteiger partial charge is 0.343 e. The molecule has 0 unspecified atom stereocenters. The molecule has 3 aromatic carbocycles. The summed E-state index contributed by atoms with van der Waals surface area (Å²) < 4.78 is 5.71. The predicted octanol–water partition coefficient (Wildman–Crippen LogP) is 3.74. The Bertz CT molecular complexity index is 1030. The maximum Gasteiger partial charge on any atom is 0.343 e. The minimum Gasteiger partial charge on any atom is -0.489 e. The number of anilines is 1. The van der Waals surface area contributed by atoms with Crippen LogP contribution >= 0.6 is 0 Å². The summed E-state index contributed by atoms with van der Waals surface area (Å²) in [6.45, 7) is 0.425. The van der Waals surface area contributed by atoms with E-state index >= 15 is 0 Å². The number of hydrogen-bond donors (Lipinski definition) is 3. The van der Waals surface area contributed by atoms with Crippen LogP contribution in [0, 0.1) is 0 Å². The Morgan fingerprint density at radius 2 is 1.40 bits per heavy atom. The zero-order valence-corrected chi connectivity index (χ0v) is 16.2. The van der Waals surface area contributed by atoms with E-state index in [4.69, 9.17) is 10.5 Å². The van der Waals surface area contributed by atoms with E-state index in [1.165, 1.54) is 0 Å². The van der Waals surface area contributed by atoms with Crippen LogP contribution in [-0.4, -0.2) is 17.0 Å². The fourth-order valence-corrected chi connectivity index (χ4v) is 2.85. The molecule has 30 heavy (non-hydrogen) atoms. The third kappa shape index (κ3) is 5.72. The van der Waals surface area contributed by atoms with Crippen molar-refractivity contribution in [2.24, 2.45) is 5.73 Å². The summed E-state index contributed by atoms with van der Waals surface area (Å²) in [5.74, 6) is -1.51. The standard InChI is InChI=1S/C24H22N2O4/c25-21(15-17-7-3-1-4-8-17)22(24(28)29)23(27)26-19-11-13-20(14-12-19)30-16-18-9-5-2-6-10-18/h1-14H,15-16,25H2,(H,26,27)(H,28,29). The summed E-state index contributed by atoms with van der Waals surface area (Å²) >= 11 is 0. The number of benzene rings is 3. The van der Waals surface area contributed by atoms with Crippen molar-refractivity contribution in [3.05, 3.63) is 107 Å². The summed E-state index contributed by atoms with van der Waals surface area (Å²) in [5, 5.41) is 12.1. The highest BCUT2D eigenvalue weighted by atomic mass is 16.5. The molecule has 3 rings (SSSR count). The van der Waals surface area contributed by atoms with Crippen LogP contribution in [0.4, 0.5) is 5.69 Å². The van der Waals surface area contributed by atoms with Gasteiger partial charge in [-0.15, -0.1) is 0 Å². The molecule has 4 N–H and O–H groups in total. The third-order valence-corrected chi connectivity index (χ3v) is 4.36. The summed E-state index contributed by atoms with van der Waals surface area (Å²) in [6.07, 6.45) is 0.169. The number of nitrogens with two attached hydrogens (primary N) is 1. The van der Waals surface area contributed by atoms with Gasteiger partial charge in [0.05, 0.1) is 0 Å². The number of carboxylic acids is 1. The van der Waals surface area contributed by atoms with E-state index in [-0.39, 0.29) is 12.1 Å². The summed E-state index contributed by atoms with van der Waals surface area (Å²) in [5.41, 5.74) is 7.77. The van der Waals surface area contributed by atoms with Crippen molar-refractivity contribution in [1.29, 1.82) is 0 Å². The average Bonchev–Trinajstić information content (AvgIpc) is 2.74. The minimum absolute atomic E-state index is 0.00554. The molecule has 0 aliphatic rings. The molecule has 0 heterocycles. The molecule has 0 bridgehead atoms. The van der Waals surface area contributed by atoms with Crippen molar-refractivity contribution in [1.82, 2.24) is 0 Å². The lowest BCUT2D eigenvalue weighted by Gasteiger charge is -2.11. The highest BCUT2D eigenvalue weighted by Crippen LogP contribution is 2.18. The topological polar surface area (TPSA) is 102 Å². The maximum absolute atomic E-state index is 12.5. The molecule has 0 aliphatic heterocycles. The molecule has 0 radical (unpaired) electrons. The molecule has 0 saturated heterocycles. The SMILES string of the molecule is NC(Cc1ccccc1)=C(C(=O)O)C(=O)Nc1ccc(OCc2ccccc2)cc1. The van der Waals surface area contributed by atoms with E-state index in [9.17, 15) is 14.7 Å². The van der Waals surface area contributed by atoms with Gasteiger partial charge in [0.15, 0.2) is 0 Å². The fourth-order valence-electron chi connectivity index (χ4n) is 2.85. The zero-order chi connectivity index (χ0) is 21.3. The second-order valence-electron chi connectivity index (χ2n) is 6.62. The third-order valence-electron chi connectivity index (χ3n) is 4.36. The number of allylic oxidation sites excluding steroid dienone is 1. The first-order valence-corrected chi connectivity index (χ1v) is 9.37. The number of carboxylic acid groups (broad SMARTS) is 1. The Kier molecular flexibility index (Phi) is 6.84. The molecule has 1 amide bonds. The Morgan fingerprint density at radius 3 is 1.97 bits per heavy atom. The van der Waals surface area contributed by atoms with Gasteiger partial charge in [-0.25, -0.2) is 4.79 Å². The fraction of sp³-hybridized carbons (Fsp3) is 0.0833. The molecule has 0 spiro atoms. The average molecular weight is 402 g/mol. The molecule has 0 fully saturated rings. The highest BCUT2D eigenvalue weighted by Gasteiger charge is 2.21. The molecule has 0 atom stereocenters. The van der Waals surface area contributed by atoms with E-state index in [1.54, 1.807) is 24.3 Å². The minimum atomic E-state index is -1.37. The van der Waals surface area contributed by atoms with Gasteiger partial charge in [0.2, 0.25) is 0 Å². The Hall–Kier alpha value is -4.06. The number of ether oxygens (including phenoxy) is 1. The molecule has 6 nitrogen and oxygen atoms in total. The van der Waals surface area contributed by atoms with E-state index in [0.29, 0.717) is 18.0 Å². The molecule has 0 aliphatic carbocycles. The van der Waals surface area contributed by atoms with Gasteiger partial charge in [0, 0.05) is 17.8 Å². The van der Waals surface area contributed by atoms with Crippen molar-refractivity contribution in [2.45, 2.75) is 13.0 Å². The van der Waals surface area contributed by atoms with Crippen molar-refractivity contribution in [3.8, 4) is 5.75 Å². The van der Waals surface area contributed by atoms with E-state index in [1.807, 2.05) is 60.7 Å². The maximum atomic E-state index is 12.5. The molecular weight excluding hydrogens is 380 g/mol. The number of amides is 1. The lowest BCUT2D eigenvalue weighted by Crippen LogP contribution is -2.25. The summed E-state index contributed by atoms with van der Waals surface area (Å²) in [7, 11) is 0. The zero-order valence-electron chi connectivity index (χ0n) is 16.2. The molecule has 152 valence electrons. The number of rotatable bonds is 8. The van der Waals surface area contributed by atoms with Crippen LogP contribution in [0.1, 0.15) is 11.1 Å². The number of carbonyl (C=O) groups is 2. The van der Waals surface area contributed by atoms with Crippen LogP contribution in [0.15, 0.2) is 96.2 Å². The lowest BCUT2D eigenvalue weighted by molar-refractivity contribution is -0.134. The van der Waals surface area contributed by atoms with Crippen LogP contribution in [-0.2, 0) is 22.6 Å². The number of nitrogens with one attached hydrogen (secondary N) is 1. The molecule has 3 aromatic rings. The van der Waals surface area contributed by atoms with Crippen molar-refractivity contribution >= 4 is 17.6 Å². The number of aliphatic carboxylic acids is 1. The quantitative estimate of drug-likeness (QED) is 0.303. The van der Waals surface area contributed by atoms with Gasteiger partial charge in [-0.2, -0.15) is 0 Å². The molecule has 0 aromatic heterocycles. The van der Waals surface area contributed by atoms with Crippen LogP contribution in [0.3, 0.4) is 0 Å². The molecular formula is C24H22N2O4. The van der Waals surface area contributed by atoms with Gasteiger partial charge in [-0.3, -0.25) is 4.79 Å². The highest BCUT2D eigenvalue weighted by molar-refractivity contribution is 6.21. The van der Waals surface area contributed by atoms with E-state index < -0.39 is 17.4 Å². The second kappa shape index (κ2) is 9.93. The van der Waals surface area contributed by atoms with E-state index in [2.05, 4.69) is 5.32 Å². The first-order valence-electron chi connectivity index (χ1n) is 9.37. The molecule has 6 heteroatoms. The van der Waals surface area contributed by atoms with Crippen LogP contribution in [0.5, 0.6) is 5.75 Å². The molecule has 0 saturated carbocycles. The Labute approximate surface area is 174 Å². The van der Waals surface area contributed by atoms with Crippen LogP contribution in [0.2, 0.25) is 0 Å². The van der Waals surface area contributed by atoms with Crippen molar-refractivity contribution in [2.75, 3.05) is 5.32 Å². The van der Waals surface area contributed by atoms with E-state index in [0.717, 1.165) is 11.1 Å². The van der Waals surface area contributed by atoms with Gasteiger partial charge in [-0.05, 0) is 35.4 Å². The number of hydrogen-bond acceptors (Lipinski definition) is 4. The Balaban J connectivity index is 1.65. The van der Waals surface area contributed by atoms with Gasteiger partial charge in [0.25, 0.3) is 5.91 Å². The van der Waals surface area contributed by atoms with Gasteiger partial charge in [-0.1, -0.05) is 60.7 Å². The van der Waals surface area contributed by atoms with Crippen molar-refractivity contribution < 1.29 is 19.4 Å².